The first-order valence-electron chi connectivity index (χ1n) is 8.98. The summed E-state index contributed by atoms with van der Waals surface area (Å²) in [6.07, 6.45) is 0. The number of nitrogens with one attached hydrogen (secondary N) is 1. The van der Waals surface area contributed by atoms with E-state index in [1.54, 1.807) is 67.6 Å². The molecule has 0 aliphatic carbocycles. The largest absolute Gasteiger partial charge is 0.453 e. The molecule has 0 unspecified atom stereocenters. The number of aryl methyl sites for hydroxylation is 1. The first-order chi connectivity index (χ1) is 13.9. The summed E-state index contributed by atoms with van der Waals surface area (Å²) in [5.74, 6) is -2.12. The maximum atomic E-state index is 13.4. The highest BCUT2D eigenvalue weighted by atomic mass is 19.1. The van der Waals surface area contributed by atoms with E-state index in [-0.39, 0.29) is 5.69 Å². The number of carbonyl (C=O) groups is 2. The van der Waals surface area contributed by atoms with Crippen molar-refractivity contribution in [3.05, 3.63) is 101 Å². The number of rotatable bonds is 6. The molecule has 0 saturated heterocycles. The maximum Gasteiger partial charge on any atom is 0.348 e. The number of halogens is 1. The minimum atomic E-state index is -2.07. The Bertz CT molecular complexity index is 966. The molecule has 0 aliphatic heterocycles. The van der Waals surface area contributed by atoms with Gasteiger partial charge in [0.25, 0.3) is 5.91 Å². The van der Waals surface area contributed by atoms with E-state index in [0.29, 0.717) is 16.7 Å². The standard InChI is InChI=1S/C23H20FNO4/c1-16-12-13-19(24)14-20(16)25-21(26)15-29-22(27)23(28,17-8-4-2-5-9-17)18-10-6-3-7-11-18/h2-14,28H,15H2,1H3,(H,25,26). The second kappa shape index (κ2) is 8.67. The summed E-state index contributed by atoms with van der Waals surface area (Å²) in [5, 5.41) is 13.7. The van der Waals surface area contributed by atoms with Crippen LogP contribution in [0, 0.1) is 12.7 Å². The van der Waals surface area contributed by atoms with E-state index in [2.05, 4.69) is 5.32 Å². The number of esters is 1. The second-order valence-corrected chi connectivity index (χ2v) is 6.53. The maximum absolute atomic E-state index is 13.4. The molecule has 1 amide bonds. The molecular formula is C23H20FNO4. The van der Waals surface area contributed by atoms with E-state index in [1.807, 2.05) is 0 Å². The number of hydrogen-bond acceptors (Lipinski definition) is 4. The quantitative estimate of drug-likeness (QED) is 0.628. The molecule has 3 aromatic carbocycles. The summed E-state index contributed by atoms with van der Waals surface area (Å²) in [4.78, 5) is 25.0. The highest BCUT2D eigenvalue weighted by molar-refractivity contribution is 5.94. The molecule has 3 rings (SSSR count). The van der Waals surface area contributed by atoms with Crippen LogP contribution in [-0.2, 0) is 19.9 Å². The lowest BCUT2D eigenvalue weighted by Crippen LogP contribution is -2.39. The van der Waals surface area contributed by atoms with Gasteiger partial charge in [-0.1, -0.05) is 66.7 Å². The van der Waals surface area contributed by atoms with Crippen molar-refractivity contribution in [3.8, 4) is 0 Å². The van der Waals surface area contributed by atoms with Gasteiger partial charge in [0.05, 0.1) is 0 Å². The number of amides is 1. The van der Waals surface area contributed by atoms with Crippen LogP contribution in [0.25, 0.3) is 0 Å². The lowest BCUT2D eigenvalue weighted by Gasteiger charge is -2.27. The van der Waals surface area contributed by atoms with Gasteiger partial charge >= 0.3 is 5.97 Å². The first-order valence-corrected chi connectivity index (χ1v) is 8.98. The summed E-state index contributed by atoms with van der Waals surface area (Å²) >= 11 is 0. The fourth-order valence-electron chi connectivity index (χ4n) is 2.91. The van der Waals surface area contributed by atoms with E-state index in [9.17, 15) is 19.1 Å². The van der Waals surface area contributed by atoms with Gasteiger partial charge < -0.3 is 15.2 Å². The fraction of sp³-hybridized carbons (Fsp3) is 0.130. The van der Waals surface area contributed by atoms with Crippen LogP contribution in [0.4, 0.5) is 10.1 Å². The average molecular weight is 393 g/mol. The van der Waals surface area contributed by atoms with E-state index < -0.39 is 29.9 Å². The molecule has 3 aromatic rings. The minimum Gasteiger partial charge on any atom is -0.453 e. The van der Waals surface area contributed by atoms with E-state index in [0.717, 1.165) is 0 Å². The molecular weight excluding hydrogens is 373 g/mol. The fourth-order valence-corrected chi connectivity index (χ4v) is 2.91. The van der Waals surface area contributed by atoms with E-state index in [1.165, 1.54) is 18.2 Å². The van der Waals surface area contributed by atoms with Gasteiger partial charge in [0.15, 0.2) is 6.61 Å². The number of aliphatic hydroxyl groups is 1. The van der Waals surface area contributed by atoms with Crippen molar-refractivity contribution in [2.24, 2.45) is 0 Å². The van der Waals surface area contributed by atoms with Crippen molar-refractivity contribution in [1.82, 2.24) is 0 Å². The predicted octanol–water partition coefficient (Wildman–Crippen LogP) is 3.55. The minimum absolute atomic E-state index is 0.285. The van der Waals surface area contributed by atoms with Crippen LogP contribution in [0.1, 0.15) is 16.7 Å². The van der Waals surface area contributed by atoms with Crippen molar-refractivity contribution in [2.45, 2.75) is 12.5 Å². The topological polar surface area (TPSA) is 75.6 Å². The van der Waals surface area contributed by atoms with Crippen molar-refractivity contribution in [2.75, 3.05) is 11.9 Å². The molecule has 2 N–H and O–H groups in total. The van der Waals surface area contributed by atoms with Crippen LogP contribution in [0.3, 0.4) is 0 Å². The molecule has 0 spiro atoms. The van der Waals surface area contributed by atoms with Gasteiger partial charge in [-0.25, -0.2) is 9.18 Å². The van der Waals surface area contributed by atoms with Gasteiger partial charge in [-0.05, 0) is 35.7 Å². The Balaban J connectivity index is 1.77. The van der Waals surface area contributed by atoms with Gasteiger partial charge in [-0.3, -0.25) is 4.79 Å². The second-order valence-electron chi connectivity index (χ2n) is 6.53. The monoisotopic (exact) mass is 393 g/mol. The molecule has 0 aliphatic rings. The summed E-state index contributed by atoms with van der Waals surface area (Å²) in [6, 6.07) is 20.7. The molecule has 148 valence electrons. The SMILES string of the molecule is Cc1ccc(F)cc1NC(=O)COC(=O)C(O)(c1ccccc1)c1ccccc1. The molecule has 0 heterocycles. The molecule has 5 nitrogen and oxygen atoms in total. The average Bonchev–Trinajstić information content (AvgIpc) is 2.75. The molecule has 0 aromatic heterocycles. The molecule has 6 heteroatoms. The van der Waals surface area contributed by atoms with Gasteiger partial charge in [0.2, 0.25) is 5.60 Å². The third-order valence-electron chi connectivity index (χ3n) is 4.49. The molecule has 0 fully saturated rings. The van der Waals surface area contributed by atoms with Gasteiger partial charge in [-0.15, -0.1) is 0 Å². The molecule has 0 atom stereocenters. The Kier molecular flexibility index (Phi) is 6.04. The smallest absolute Gasteiger partial charge is 0.348 e. The third kappa shape index (κ3) is 4.50. The van der Waals surface area contributed by atoms with Gasteiger partial charge in [-0.2, -0.15) is 0 Å². The zero-order valence-electron chi connectivity index (χ0n) is 15.8. The molecule has 29 heavy (non-hydrogen) atoms. The predicted molar refractivity (Wildman–Crippen MR) is 107 cm³/mol. The Labute approximate surface area is 167 Å². The normalized spacial score (nSPS) is 11.0. The number of anilines is 1. The summed E-state index contributed by atoms with van der Waals surface area (Å²) in [5.41, 5.74) is -0.490. The molecule has 0 radical (unpaired) electrons. The number of carbonyl (C=O) groups excluding carboxylic acids is 2. The summed E-state index contributed by atoms with van der Waals surface area (Å²) in [6.45, 7) is 1.08. The molecule has 0 bridgehead atoms. The van der Waals surface area contributed by atoms with Crippen LogP contribution < -0.4 is 5.32 Å². The van der Waals surface area contributed by atoms with Gasteiger partial charge in [0, 0.05) is 5.69 Å². The summed E-state index contributed by atoms with van der Waals surface area (Å²) < 4.78 is 18.5. The zero-order chi connectivity index (χ0) is 20.9. The van der Waals surface area contributed by atoms with Crippen LogP contribution in [0.5, 0.6) is 0 Å². The highest BCUT2D eigenvalue weighted by Crippen LogP contribution is 2.31. The van der Waals surface area contributed by atoms with Crippen molar-refractivity contribution in [1.29, 1.82) is 0 Å². The Morgan fingerprint density at radius 3 is 2.07 bits per heavy atom. The van der Waals surface area contributed by atoms with Gasteiger partial charge in [0.1, 0.15) is 5.82 Å². The van der Waals surface area contributed by atoms with Crippen LogP contribution in [0.15, 0.2) is 78.9 Å². The number of ether oxygens (including phenoxy) is 1. The van der Waals surface area contributed by atoms with Crippen LogP contribution >= 0.6 is 0 Å². The van der Waals surface area contributed by atoms with Crippen molar-refractivity contribution in [3.63, 3.8) is 0 Å². The zero-order valence-corrected chi connectivity index (χ0v) is 15.8. The van der Waals surface area contributed by atoms with Crippen LogP contribution in [-0.4, -0.2) is 23.6 Å². The lowest BCUT2D eigenvalue weighted by molar-refractivity contribution is -0.163. The Morgan fingerprint density at radius 1 is 0.966 bits per heavy atom. The van der Waals surface area contributed by atoms with Crippen molar-refractivity contribution >= 4 is 17.6 Å². The lowest BCUT2D eigenvalue weighted by atomic mass is 9.86. The van der Waals surface area contributed by atoms with E-state index >= 15 is 0 Å². The van der Waals surface area contributed by atoms with Crippen LogP contribution in [0.2, 0.25) is 0 Å². The number of benzene rings is 3. The third-order valence-corrected chi connectivity index (χ3v) is 4.49. The number of hydrogen-bond donors (Lipinski definition) is 2. The van der Waals surface area contributed by atoms with E-state index in [4.69, 9.17) is 4.74 Å². The first kappa shape index (κ1) is 20.2. The summed E-state index contributed by atoms with van der Waals surface area (Å²) in [7, 11) is 0. The Hall–Kier alpha value is -3.51. The Morgan fingerprint density at radius 2 is 1.52 bits per heavy atom. The molecule has 0 saturated carbocycles. The van der Waals surface area contributed by atoms with Crippen molar-refractivity contribution < 1.29 is 23.8 Å². The highest BCUT2D eigenvalue weighted by Gasteiger charge is 2.41.